The summed E-state index contributed by atoms with van der Waals surface area (Å²) in [6.07, 6.45) is 15.6. The van der Waals surface area contributed by atoms with Crippen molar-refractivity contribution in [3.05, 3.63) is 130 Å². The first-order valence-electron chi connectivity index (χ1n) is 18.6. The van der Waals surface area contributed by atoms with Crippen LogP contribution in [0.5, 0.6) is 0 Å². The van der Waals surface area contributed by atoms with Gasteiger partial charge in [-0.1, -0.05) is 66.5 Å². The number of methoxy groups -OCH3 is 1. The number of aliphatic hydroxyl groups is 1. The van der Waals surface area contributed by atoms with Gasteiger partial charge in [-0.2, -0.15) is 4.58 Å². The quantitative estimate of drug-likeness (QED) is 0.201. The van der Waals surface area contributed by atoms with Crippen LogP contribution in [0.1, 0.15) is 79.2 Å². The highest BCUT2D eigenvalue weighted by atomic mass is 16.5. The van der Waals surface area contributed by atoms with Gasteiger partial charge in [0.05, 0.1) is 12.1 Å². The fraction of sp³-hybridized carbons (Fsp3) is 0.378. The molecule has 0 saturated heterocycles. The number of nitrogens with zero attached hydrogens (tertiary/aromatic N) is 2. The molecule has 0 bridgehead atoms. The first kappa shape index (κ1) is 34.9. The van der Waals surface area contributed by atoms with Gasteiger partial charge >= 0.3 is 0 Å². The van der Waals surface area contributed by atoms with Crippen molar-refractivity contribution in [3.8, 4) is 0 Å². The molecule has 0 spiro atoms. The van der Waals surface area contributed by atoms with Crippen LogP contribution in [0, 0.1) is 27.7 Å². The minimum absolute atomic E-state index is 0.0436. The minimum Gasteiger partial charge on any atom is -0.871 e. The number of hydrogen-bond donors (Lipinski definition) is 1. The number of ketones is 1. The van der Waals surface area contributed by atoms with E-state index in [0.29, 0.717) is 11.1 Å². The van der Waals surface area contributed by atoms with Crippen LogP contribution in [-0.4, -0.2) is 52.6 Å². The molecule has 1 N–H and O–H groups in total. The Labute approximate surface area is 302 Å². The predicted molar refractivity (Wildman–Crippen MR) is 204 cm³/mol. The van der Waals surface area contributed by atoms with Crippen LogP contribution in [0.3, 0.4) is 0 Å². The Morgan fingerprint density at radius 1 is 0.765 bits per heavy atom. The smallest absolute Gasteiger partial charge is 0.208 e. The number of anilines is 2. The number of ether oxygens (including phenoxy) is 1. The van der Waals surface area contributed by atoms with Gasteiger partial charge in [0.15, 0.2) is 11.8 Å². The molecule has 0 aliphatic heterocycles. The van der Waals surface area contributed by atoms with Crippen molar-refractivity contribution in [2.45, 2.75) is 103 Å². The largest absolute Gasteiger partial charge is 0.871 e. The first-order chi connectivity index (χ1) is 24.7. The summed E-state index contributed by atoms with van der Waals surface area (Å²) in [6.45, 7) is 8.46. The van der Waals surface area contributed by atoms with Crippen LogP contribution in [-0.2, 0) is 9.53 Å². The first-order valence-corrected chi connectivity index (χ1v) is 18.6. The van der Waals surface area contributed by atoms with Crippen molar-refractivity contribution < 1.29 is 24.3 Å². The zero-order chi connectivity index (χ0) is 35.8. The second-order valence-corrected chi connectivity index (χ2v) is 14.9. The number of aryl methyl sites for hydroxylation is 4. The lowest BCUT2D eigenvalue weighted by molar-refractivity contribution is -0.501. The van der Waals surface area contributed by atoms with E-state index in [0.717, 1.165) is 79.7 Å². The third-order valence-corrected chi connectivity index (χ3v) is 11.3. The number of aliphatic hydroxyl groups excluding tert-OH is 1. The van der Waals surface area contributed by atoms with E-state index in [1.165, 1.54) is 16.7 Å². The molecule has 4 aliphatic carbocycles. The second-order valence-electron chi connectivity index (χ2n) is 14.9. The van der Waals surface area contributed by atoms with Crippen LogP contribution in [0.4, 0.5) is 17.1 Å². The number of carbonyl (C=O) groups excluding carboxylic acids is 1. The maximum Gasteiger partial charge on any atom is 0.208 e. The molecule has 6 nitrogen and oxygen atoms in total. The zero-order valence-electron chi connectivity index (χ0n) is 30.6. The highest BCUT2D eigenvalue weighted by Crippen LogP contribution is 2.41. The Morgan fingerprint density at radius 2 is 1.41 bits per heavy atom. The van der Waals surface area contributed by atoms with Crippen molar-refractivity contribution in [1.82, 2.24) is 0 Å². The minimum atomic E-state index is -0.427. The van der Waals surface area contributed by atoms with Crippen LogP contribution in [0.25, 0.3) is 5.57 Å². The van der Waals surface area contributed by atoms with E-state index in [2.05, 4.69) is 73.6 Å². The topological polar surface area (TPSA) is 75.8 Å². The van der Waals surface area contributed by atoms with Gasteiger partial charge in [0.2, 0.25) is 11.4 Å². The van der Waals surface area contributed by atoms with E-state index in [-0.39, 0.29) is 40.9 Å². The molecule has 0 radical (unpaired) electrons. The van der Waals surface area contributed by atoms with Crippen molar-refractivity contribution in [1.29, 1.82) is 0 Å². The molecule has 2 saturated carbocycles. The van der Waals surface area contributed by atoms with Gasteiger partial charge in [0, 0.05) is 59.8 Å². The summed E-state index contributed by atoms with van der Waals surface area (Å²) >= 11 is 0. The van der Waals surface area contributed by atoms with E-state index in [4.69, 9.17) is 4.74 Å². The predicted octanol–water partition coefficient (Wildman–Crippen LogP) is 8.18. The molecule has 3 aromatic rings. The molecule has 0 amide bonds. The van der Waals surface area contributed by atoms with E-state index in [9.17, 15) is 15.0 Å². The Balaban J connectivity index is 1.20. The Kier molecular flexibility index (Phi) is 10.00. The fourth-order valence-corrected chi connectivity index (χ4v) is 8.71. The van der Waals surface area contributed by atoms with Gasteiger partial charge in [-0.15, -0.1) is 0 Å². The molecule has 2 fully saturated rings. The van der Waals surface area contributed by atoms with E-state index in [1.54, 1.807) is 7.11 Å². The van der Waals surface area contributed by atoms with Crippen molar-refractivity contribution in [2.75, 3.05) is 12.0 Å². The summed E-state index contributed by atoms with van der Waals surface area (Å²) in [7, 11) is 1.81. The maximum atomic E-state index is 13.7. The van der Waals surface area contributed by atoms with Gasteiger partial charge in [-0.05, 0) is 106 Å². The van der Waals surface area contributed by atoms with Crippen LogP contribution < -0.4 is 10.0 Å². The maximum absolute atomic E-state index is 13.7. The van der Waals surface area contributed by atoms with Crippen LogP contribution in [0.2, 0.25) is 0 Å². The lowest BCUT2D eigenvalue weighted by atomic mass is 9.80. The number of carbonyl (C=O) groups is 1. The zero-order valence-corrected chi connectivity index (χ0v) is 30.6. The summed E-state index contributed by atoms with van der Waals surface area (Å²) in [4.78, 5) is 16.1. The molecular formula is C45H50N2O4. The molecule has 3 aromatic carbocycles. The van der Waals surface area contributed by atoms with E-state index >= 15 is 0 Å². The Bertz CT molecular complexity index is 1980. The standard InChI is InChI=1S/C45H50N2O4/c1-28-14-24-36(30(3)26-28)46(38-10-6-8-12-40(38)48)34-20-16-32(17-21-34)42-44(49)43(45(42)50)33-18-22-35(23-19-33)47(37-25-15-29(2)27-31(37)4)39-11-7-9-13-41(39)51-5/h14-27,38-41,48H,6-13H2,1-5H3. The molecule has 4 unspecified atom stereocenters. The Morgan fingerprint density at radius 3 is 2.06 bits per heavy atom. The Hall–Kier alpha value is -4.52. The third kappa shape index (κ3) is 6.68. The lowest BCUT2D eigenvalue weighted by Crippen LogP contribution is -2.44. The molecule has 4 aliphatic rings. The monoisotopic (exact) mass is 682 g/mol. The number of Topliss-reactive ketones (excluding diaryl/α,β-unsaturated/α-hetero) is 1. The summed E-state index contributed by atoms with van der Waals surface area (Å²) in [5, 5.41) is 24.7. The SMILES string of the molecule is COC1CCCCC1N(c1ccc(C2=C([O-])C(=C3C=CC(=[N+](c4ccc(C)cc4C)C4CCCCC4O)C=C3)C2=O)cc1)c1ccc(C)cc1C. The van der Waals surface area contributed by atoms with E-state index in [1.807, 2.05) is 48.6 Å². The van der Waals surface area contributed by atoms with Crippen LogP contribution in [0.15, 0.2) is 102 Å². The molecule has 4 atom stereocenters. The highest BCUT2D eigenvalue weighted by Gasteiger charge is 2.37. The summed E-state index contributed by atoms with van der Waals surface area (Å²) in [5.41, 5.74) is 10.7. The van der Waals surface area contributed by atoms with Gasteiger partial charge in [0.1, 0.15) is 6.10 Å². The average molecular weight is 683 g/mol. The lowest BCUT2D eigenvalue weighted by Gasteiger charge is -2.41. The molecule has 0 heterocycles. The molecule has 264 valence electrons. The number of allylic oxidation sites excluding steroid dienone is 7. The van der Waals surface area contributed by atoms with Gasteiger partial charge in [-0.3, -0.25) is 4.79 Å². The molecule has 7 rings (SSSR count). The van der Waals surface area contributed by atoms with Gasteiger partial charge in [0.25, 0.3) is 0 Å². The third-order valence-electron chi connectivity index (χ3n) is 11.3. The molecule has 0 aromatic heterocycles. The fourth-order valence-electron chi connectivity index (χ4n) is 8.71. The second kappa shape index (κ2) is 14.6. The summed E-state index contributed by atoms with van der Waals surface area (Å²) < 4.78 is 8.25. The highest BCUT2D eigenvalue weighted by molar-refractivity contribution is 6.39. The number of benzene rings is 3. The normalized spacial score (nSPS) is 23.5. The molecule has 51 heavy (non-hydrogen) atoms. The van der Waals surface area contributed by atoms with Crippen LogP contribution >= 0.6 is 0 Å². The molecular weight excluding hydrogens is 633 g/mol. The summed E-state index contributed by atoms with van der Waals surface area (Å²) in [5.74, 6) is -0.431. The van der Waals surface area contributed by atoms with Crippen molar-refractivity contribution >= 4 is 34.1 Å². The van der Waals surface area contributed by atoms with Gasteiger partial charge < -0.3 is 19.8 Å². The van der Waals surface area contributed by atoms with Crippen molar-refractivity contribution in [2.24, 2.45) is 0 Å². The van der Waals surface area contributed by atoms with E-state index < -0.39 is 6.10 Å². The molecule has 6 heteroatoms. The average Bonchev–Trinajstić information content (AvgIpc) is 3.12. The van der Waals surface area contributed by atoms with Gasteiger partial charge in [-0.25, -0.2) is 0 Å². The summed E-state index contributed by atoms with van der Waals surface area (Å²) in [6, 6.07) is 21.0. The number of hydrogen-bond acceptors (Lipinski definition) is 5. The van der Waals surface area contributed by atoms with Crippen molar-refractivity contribution in [3.63, 3.8) is 0 Å². The number of rotatable bonds is 7.